The lowest BCUT2D eigenvalue weighted by atomic mass is 9.80. The Morgan fingerprint density at radius 3 is 2.00 bits per heavy atom. The summed E-state index contributed by atoms with van der Waals surface area (Å²) in [6, 6.07) is 6.98. The highest BCUT2D eigenvalue weighted by Gasteiger charge is 2.29. The first kappa shape index (κ1) is 18.2. The molecular formula is C17H25Br2F. The van der Waals surface area contributed by atoms with Crippen LogP contribution in [-0.2, 0) is 5.41 Å². The number of unbranched alkanes of at least 4 members (excludes halogenated alkanes) is 5. The van der Waals surface area contributed by atoms with E-state index in [1.165, 1.54) is 44.1 Å². The van der Waals surface area contributed by atoms with Gasteiger partial charge in [-0.3, -0.25) is 0 Å². The molecule has 0 aliphatic heterocycles. The Morgan fingerprint density at radius 1 is 0.900 bits per heavy atom. The summed E-state index contributed by atoms with van der Waals surface area (Å²) in [5.74, 6) is -0.161. The van der Waals surface area contributed by atoms with Gasteiger partial charge in [-0.1, -0.05) is 89.4 Å². The first-order valence-electron chi connectivity index (χ1n) is 7.56. The molecule has 0 bridgehead atoms. The fourth-order valence-electron chi connectivity index (χ4n) is 2.52. The Labute approximate surface area is 139 Å². The van der Waals surface area contributed by atoms with E-state index in [9.17, 15) is 4.39 Å². The average Bonchev–Trinajstić information content (AvgIpc) is 2.48. The fraction of sp³-hybridized carbons (Fsp3) is 0.647. The van der Waals surface area contributed by atoms with E-state index in [-0.39, 0.29) is 11.2 Å². The third-order valence-electron chi connectivity index (χ3n) is 3.98. The first-order valence-corrected chi connectivity index (χ1v) is 9.81. The minimum absolute atomic E-state index is 0.0818. The van der Waals surface area contributed by atoms with Crippen LogP contribution in [0.4, 0.5) is 4.39 Å². The van der Waals surface area contributed by atoms with Crippen LogP contribution in [0.25, 0.3) is 0 Å². The van der Waals surface area contributed by atoms with Gasteiger partial charge in [-0.25, -0.2) is 4.39 Å². The quantitative estimate of drug-likeness (QED) is 0.302. The van der Waals surface area contributed by atoms with Crippen molar-refractivity contribution in [2.24, 2.45) is 0 Å². The van der Waals surface area contributed by atoms with Gasteiger partial charge < -0.3 is 0 Å². The van der Waals surface area contributed by atoms with Crippen LogP contribution >= 0.6 is 31.9 Å². The van der Waals surface area contributed by atoms with Crippen LogP contribution in [0, 0.1) is 5.82 Å². The summed E-state index contributed by atoms with van der Waals surface area (Å²) < 4.78 is 13.1. The number of rotatable bonds is 10. The van der Waals surface area contributed by atoms with Gasteiger partial charge in [-0.2, -0.15) is 0 Å². The molecule has 0 nitrogen and oxygen atoms in total. The summed E-state index contributed by atoms with van der Waals surface area (Å²) in [4.78, 5) is 0. The van der Waals surface area contributed by atoms with Gasteiger partial charge in [0, 0.05) is 16.1 Å². The normalized spacial score (nSPS) is 11.8. The second-order valence-electron chi connectivity index (χ2n) is 5.57. The highest BCUT2D eigenvalue weighted by Crippen LogP contribution is 2.34. The van der Waals surface area contributed by atoms with Crippen molar-refractivity contribution in [3.63, 3.8) is 0 Å². The van der Waals surface area contributed by atoms with E-state index in [0.717, 1.165) is 17.1 Å². The molecule has 0 amide bonds. The largest absolute Gasteiger partial charge is 0.207 e. The molecule has 0 saturated heterocycles. The molecule has 20 heavy (non-hydrogen) atoms. The average molecular weight is 408 g/mol. The van der Waals surface area contributed by atoms with Crippen LogP contribution in [0.15, 0.2) is 24.3 Å². The molecule has 0 aromatic heterocycles. The summed E-state index contributed by atoms with van der Waals surface area (Å²) in [7, 11) is 0. The van der Waals surface area contributed by atoms with Gasteiger partial charge in [0.05, 0.1) is 0 Å². The van der Waals surface area contributed by atoms with Gasteiger partial charge in [0.2, 0.25) is 0 Å². The minimum Gasteiger partial charge on any atom is -0.207 e. The molecule has 0 aliphatic rings. The van der Waals surface area contributed by atoms with Crippen molar-refractivity contribution in [1.82, 2.24) is 0 Å². The van der Waals surface area contributed by atoms with Crippen molar-refractivity contribution in [2.45, 2.75) is 57.3 Å². The van der Waals surface area contributed by atoms with Crippen LogP contribution in [-0.4, -0.2) is 10.7 Å². The Bertz CT molecular complexity index is 358. The second kappa shape index (κ2) is 9.94. The summed E-state index contributed by atoms with van der Waals surface area (Å²) in [5.41, 5.74) is 1.31. The summed E-state index contributed by atoms with van der Waals surface area (Å²) in [5, 5.41) is 1.82. The smallest absolute Gasteiger partial charge is 0.123 e. The van der Waals surface area contributed by atoms with Crippen molar-refractivity contribution in [3.05, 3.63) is 35.6 Å². The number of halogens is 3. The van der Waals surface area contributed by atoms with Crippen LogP contribution in [0.3, 0.4) is 0 Å². The third-order valence-corrected chi connectivity index (χ3v) is 6.12. The first-order chi connectivity index (χ1) is 9.68. The standard InChI is InChI=1S/C17H25Br2F/c1-2-3-4-5-6-7-12-17(13-18,14-19)15-8-10-16(20)11-9-15/h8-11H,2-7,12-14H2,1H3. The van der Waals surface area contributed by atoms with E-state index in [1.54, 1.807) is 12.1 Å². The van der Waals surface area contributed by atoms with Crippen LogP contribution in [0.5, 0.6) is 0 Å². The molecule has 3 heteroatoms. The lowest BCUT2D eigenvalue weighted by Gasteiger charge is -2.31. The highest BCUT2D eigenvalue weighted by atomic mass is 79.9. The predicted octanol–water partition coefficient (Wildman–Crippen LogP) is 6.60. The molecule has 1 rings (SSSR count). The maximum absolute atomic E-state index is 13.1. The number of hydrogen-bond acceptors (Lipinski definition) is 0. The zero-order chi connectivity index (χ0) is 14.8. The lowest BCUT2D eigenvalue weighted by Crippen LogP contribution is -2.30. The maximum atomic E-state index is 13.1. The maximum Gasteiger partial charge on any atom is 0.123 e. The Kier molecular flexibility index (Phi) is 9.03. The third kappa shape index (κ3) is 5.48. The van der Waals surface area contributed by atoms with Gasteiger partial charge in [0.15, 0.2) is 0 Å². The zero-order valence-corrected chi connectivity index (χ0v) is 15.5. The van der Waals surface area contributed by atoms with E-state index in [2.05, 4.69) is 38.8 Å². The zero-order valence-electron chi connectivity index (χ0n) is 12.3. The predicted molar refractivity (Wildman–Crippen MR) is 93.7 cm³/mol. The summed E-state index contributed by atoms with van der Waals surface area (Å²) in [6.45, 7) is 2.25. The SMILES string of the molecule is CCCCCCCCC(CBr)(CBr)c1ccc(F)cc1. The highest BCUT2D eigenvalue weighted by molar-refractivity contribution is 9.09. The van der Waals surface area contributed by atoms with Gasteiger partial charge in [0.25, 0.3) is 0 Å². The summed E-state index contributed by atoms with van der Waals surface area (Å²) in [6.07, 6.45) is 8.99. The molecule has 0 unspecified atom stereocenters. The van der Waals surface area contributed by atoms with E-state index in [0.29, 0.717) is 0 Å². The lowest BCUT2D eigenvalue weighted by molar-refractivity contribution is 0.460. The van der Waals surface area contributed by atoms with Crippen LogP contribution in [0.1, 0.15) is 57.4 Å². The molecular weight excluding hydrogens is 383 g/mol. The van der Waals surface area contributed by atoms with Gasteiger partial charge in [0.1, 0.15) is 5.82 Å². The molecule has 0 saturated carbocycles. The van der Waals surface area contributed by atoms with Crippen LogP contribution < -0.4 is 0 Å². The van der Waals surface area contributed by atoms with E-state index in [1.807, 2.05) is 12.1 Å². The Balaban J connectivity index is 2.56. The molecule has 0 N–H and O–H groups in total. The van der Waals surface area contributed by atoms with Crippen LogP contribution in [0.2, 0.25) is 0 Å². The van der Waals surface area contributed by atoms with E-state index in [4.69, 9.17) is 0 Å². The van der Waals surface area contributed by atoms with Gasteiger partial charge in [-0.05, 0) is 24.1 Å². The molecule has 1 aromatic rings. The van der Waals surface area contributed by atoms with E-state index < -0.39 is 0 Å². The molecule has 0 aliphatic carbocycles. The van der Waals surface area contributed by atoms with E-state index >= 15 is 0 Å². The molecule has 0 fully saturated rings. The van der Waals surface area contributed by atoms with Crippen molar-refractivity contribution in [3.8, 4) is 0 Å². The molecule has 114 valence electrons. The molecule has 0 heterocycles. The monoisotopic (exact) mass is 406 g/mol. The fourth-order valence-corrected chi connectivity index (χ4v) is 4.65. The molecule has 0 radical (unpaired) electrons. The van der Waals surface area contributed by atoms with Gasteiger partial charge >= 0.3 is 0 Å². The molecule has 0 atom stereocenters. The van der Waals surface area contributed by atoms with Crippen molar-refractivity contribution < 1.29 is 4.39 Å². The van der Waals surface area contributed by atoms with Crippen molar-refractivity contribution in [1.29, 1.82) is 0 Å². The topological polar surface area (TPSA) is 0 Å². The number of alkyl halides is 2. The van der Waals surface area contributed by atoms with Crippen molar-refractivity contribution >= 4 is 31.9 Å². The van der Waals surface area contributed by atoms with Crippen molar-refractivity contribution in [2.75, 3.05) is 10.7 Å². The molecule has 0 spiro atoms. The Hall–Kier alpha value is 0.110. The molecule has 1 aromatic carbocycles. The minimum atomic E-state index is -0.161. The van der Waals surface area contributed by atoms with Gasteiger partial charge in [-0.15, -0.1) is 0 Å². The number of hydrogen-bond donors (Lipinski definition) is 0. The number of benzene rings is 1. The summed E-state index contributed by atoms with van der Waals surface area (Å²) >= 11 is 7.32. The second-order valence-corrected chi connectivity index (χ2v) is 6.69. The Morgan fingerprint density at radius 2 is 1.45 bits per heavy atom.